The average Bonchev–Trinajstić information content (AvgIpc) is 3.17. The number of fused-ring (bicyclic) bond motifs is 1. The SMILES string of the molecule is CCCN1c2cc(C)c(/C=C3/SC(=Nc4ccccc4)N(Cc4cccnc4)C3=O)cc2C(C)=CC1(C)C. The maximum Gasteiger partial charge on any atom is 0.267 e. The molecule has 1 aromatic heterocycles. The number of allylic oxidation sites excluding steroid dienone is 1. The third kappa shape index (κ3) is 5.18. The maximum atomic E-state index is 13.7. The summed E-state index contributed by atoms with van der Waals surface area (Å²) >= 11 is 1.43. The lowest BCUT2D eigenvalue weighted by molar-refractivity contribution is -0.122. The number of carbonyl (C=O) groups excluding carboxylic acids is 1. The molecular formula is C32H34N4OS. The van der Waals surface area contributed by atoms with Gasteiger partial charge in [-0.15, -0.1) is 0 Å². The number of thioether (sulfide) groups is 1. The van der Waals surface area contributed by atoms with E-state index in [4.69, 9.17) is 4.99 Å². The zero-order chi connectivity index (χ0) is 26.9. The van der Waals surface area contributed by atoms with Gasteiger partial charge in [0.25, 0.3) is 5.91 Å². The molecule has 6 heteroatoms. The predicted molar refractivity (Wildman–Crippen MR) is 160 cm³/mol. The Morgan fingerprint density at radius 1 is 1.08 bits per heavy atom. The largest absolute Gasteiger partial charge is 0.362 e. The molecule has 3 aromatic rings. The monoisotopic (exact) mass is 522 g/mol. The van der Waals surface area contributed by atoms with Crippen LogP contribution in [0.1, 0.15) is 56.4 Å². The van der Waals surface area contributed by atoms with Crippen LogP contribution in [0.2, 0.25) is 0 Å². The summed E-state index contributed by atoms with van der Waals surface area (Å²) in [6, 6.07) is 18.2. The number of aromatic nitrogens is 1. The molecule has 1 saturated heterocycles. The number of hydrogen-bond donors (Lipinski definition) is 0. The first-order valence-corrected chi connectivity index (χ1v) is 13.9. The zero-order valence-electron chi connectivity index (χ0n) is 22.7. The van der Waals surface area contributed by atoms with Crippen molar-refractivity contribution in [3.05, 3.63) is 100 Å². The van der Waals surface area contributed by atoms with Crippen LogP contribution < -0.4 is 4.90 Å². The summed E-state index contributed by atoms with van der Waals surface area (Å²) in [7, 11) is 0. The molecule has 0 saturated carbocycles. The van der Waals surface area contributed by atoms with Gasteiger partial charge in [-0.1, -0.05) is 37.3 Å². The van der Waals surface area contributed by atoms with Crippen molar-refractivity contribution >= 4 is 45.9 Å². The molecule has 1 amide bonds. The summed E-state index contributed by atoms with van der Waals surface area (Å²) in [6.07, 6.45) is 9.01. The van der Waals surface area contributed by atoms with E-state index in [-0.39, 0.29) is 11.4 Å². The predicted octanol–water partition coefficient (Wildman–Crippen LogP) is 7.61. The van der Waals surface area contributed by atoms with E-state index in [9.17, 15) is 4.79 Å². The first kappa shape index (κ1) is 26.0. The Kier molecular flexibility index (Phi) is 7.26. The molecule has 0 aliphatic carbocycles. The van der Waals surface area contributed by atoms with Gasteiger partial charge in [0, 0.05) is 30.2 Å². The lowest BCUT2D eigenvalue weighted by atomic mass is 9.86. The van der Waals surface area contributed by atoms with Crippen molar-refractivity contribution in [3.8, 4) is 0 Å². The van der Waals surface area contributed by atoms with E-state index in [2.05, 4.69) is 62.7 Å². The number of amidine groups is 1. The van der Waals surface area contributed by atoms with Crippen LogP contribution in [0.3, 0.4) is 0 Å². The van der Waals surface area contributed by atoms with Crippen molar-refractivity contribution in [2.75, 3.05) is 11.4 Å². The van der Waals surface area contributed by atoms with Crippen molar-refractivity contribution < 1.29 is 4.79 Å². The first-order chi connectivity index (χ1) is 18.3. The van der Waals surface area contributed by atoms with Crippen LogP contribution in [-0.4, -0.2) is 33.0 Å². The molecule has 2 aromatic carbocycles. The van der Waals surface area contributed by atoms with Crippen molar-refractivity contribution in [1.82, 2.24) is 9.88 Å². The van der Waals surface area contributed by atoms with E-state index in [1.165, 1.54) is 28.6 Å². The number of aryl methyl sites for hydroxylation is 1. The van der Waals surface area contributed by atoms with Crippen molar-refractivity contribution in [2.45, 2.75) is 53.1 Å². The van der Waals surface area contributed by atoms with Crippen LogP contribution in [0.25, 0.3) is 11.6 Å². The second-order valence-corrected chi connectivity index (χ2v) is 11.5. The van der Waals surface area contributed by atoms with Crippen molar-refractivity contribution in [2.24, 2.45) is 4.99 Å². The van der Waals surface area contributed by atoms with Gasteiger partial charge in [-0.3, -0.25) is 14.7 Å². The second-order valence-electron chi connectivity index (χ2n) is 10.5. The summed E-state index contributed by atoms with van der Waals surface area (Å²) in [6.45, 7) is 12.5. The Morgan fingerprint density at radius 2 is 1.87 bits per heavy atom. The van der Waals surface area contributed by atoms with E-state index < -0.39 is 0 Å². The quantitative estimate of drug-likeness (QED) is 0.313. The average molecular weight is 523 g/mol. The highest BCUT2D eigenvalue weighted by atomic mass is 32.2. The summed E-state index contributed by atoms with van der Waals surface area (Å²) in [4.78, 5) is 27.7. The van der Waals surface area contributed by atoms with E-state index in [1.54, 1.807) is 17.3 Å². The minimum atomic E-state index is -0.0355. The molecule has 0 spiro atoms. The number of rotatable bonds is 6. The van der Waals surface area contributed by atoms with E-state index in [0.29, 0.717) is 16.6 Å². The lowest BCUT2D eigenvalue weighted by Gasteiger charge is -2.43. The van der Waals surface area contributed by atoms with Crippen LogP contribution in [0, 0.1) is 6.92 Å². The van der Waals surface area contributed by atoms with Gasteiger partial charge in [0.15, 0.2) is 5.17 Å². The van der Waals surface area contributed by atoms with Gasteiger partial charge < -0.3 is 4.90 Å². The summed E-state index contributed by atoms with van der Waals surface area (Å²) in [5, 5.41) is 0.680. The molecule has 0 radical (unpaired) electrons. The number of para-hydroxylation sites is 1. The van der Waals surface area contributed by atoms with Crippen LogP contribution in [0.4, 0.5) is 11.4 Å². The van der Waals surface area contributed by atoms with Crippen LogP contribution in [0.5, 0.6) is 0 Å². The Balaban J connectivity index is 1.54. The van der Waals surface area contributed by atoms with Crippen molar-refractivity contribution in [1.29, 1.82) is 0 Å². The highest BCUT2D eigenvalue weighted by Gasteiger charge is 2.35. The fourth-order valence-electron chi connectivity index (χ4n) is 5.19. The lowest BCUT2D eigenvalue weighted by Crippen LogP contribution is -2.45. The highest BCUT2D eigenvalue weighted by molar-refractivity contribution is 8.18. The number of carbonyl (C=O) groups is 1. The molecule has 0 N–H and O–H groups in total. The minimum Gasteiger partial charge on any atom is -0.362 e. The summed E-state index contributed by atoms with van der Waals surface area (Å²) < 4.78 is 0. The van der Waals surface area contributed by atoms with Gasteiger partial charge in [-0.25, -0.2) is 4.99 Å². The Hall–Kier alpha value is -3.64. The van der Waals surface area contributed by atoms with Gasteiger partial charge in [0.1, 0.15) is 0 Å². The topological polar surface area (TPSA) is 48.8 Å². The molecule has 3 heterocycles. The van der Waals surface area contributed by atoms with E-state index >= 15 is 0 Å². The van der Waals surface area contributed by atoms with Gasteiger partial charge >= 0.3 is 0 Å². The standard InChI is InChI=1S/C32H34N4OS/c1-6-15-36-28-16-22(2)25(17-27(28)23(3)19-32(36,4)5)18-29-30(37)35(21-24-11-10-14-33-20-24)31(38-29)34-26-12-8-7-9-13-26/h7-14,16-20H,6,15,21H2,1-5H3/b29-18+,34-31?. The molecule has 2 aliphatic heterocycles. The second kappa shape index (κ2) is 10.6. The normalized spacial score (nSPS) is 18.8. The third-order valence-electron chi connectivity index (χ3n) is 7.03. The van der Waals surface area contributed by atoms with E-state index in [0.717, 1.165) is 35.3 Å². The van der Waals surface area contributed by atoms with E-state index in [1.807, 2.05) is 48.5 Å². The Bertz CT molecular complexity index is 1440. The number of amides is 1. The molecule has 0 atom stereocenters. The fraction of sp³-hybridized carbons (Fsp3) is 0.281. The molecule has 5 rings (SSSR count). The fourth-order valence-corrected chi connectivity index (χ4v) is 6.18. The number of aliphatic imine (C=N–C) groups is 1. The molecule has 1 fully saturated rings. The first-order valence-electron chi connectivity index (χ1n) is 13.1. The molecular weight excluding hydrogens is 488 g/mol. The van der Waals surface area contributed by atoms with Gasteiger partial charge in [0.05, 0.1) is 22.7 Å². The summed E-state index contributed by atoms with van der Waals surface area (Å²) in [5.74, 6) is -0.0355. The van der Waals surface area contributed by atoms with Crippen LogP contribution >= 0.6 is 11.8 Å². The molecule has 2 aliphatic rings. The third-order valence-corrected chi connectivity index (χ3v) is 8.04. The molecule has 5 nitrogen and oxygen atoms in total. The number of benzene rings is 2. The van der Waals surface area contributed by atoms with Crippen molar-refractivity contribution in [3.63, 3.8) is 0 Å². The number of pyridine rings is 1. The Morgan fingerprint density at radius 3 is 2.58 bits per heavy atom. The van der Waals surface area contributed by atoms with Crippen LogP contribution in [-0.2, 0) is 11.3 Å². The van der Waals surface area contributed by atoms with Gasteiger partial charge in [-0.2, -0.15) is 0 Å². The maximum absolute atomic E-state index is 13.7. The number of hydrogen-bond acceptors (Lipinski definition) is 5. The molecule has 38 heavy (non-hydrogen) atoms. The van der Waals surface area contributed by atoms with Crippen LogP contribution in [0.15, 0.2) is 83.0 Å². The Labute approximate surface area is 230 Å². The highest BCUT2D eigenvalue weighted by Crippen LogP contribution is 2.42. The minimum absolute atomic E-state index is 0.0353. The zero-order valence-corrected chi connectivity index (χ0v) is 23.5. The number of nitrogens with zero attached hydrogens (tertiary/aromatic N) is 4. The summed E-state index contributed by atoms with van der Waals surface area (Å²) in [5.41, 5.74) is 7.74. The molecule has 0 unspecified atom stereocenters. The van der Waals surface area contributed by atoms with Gasteiger partial charge in [-0.05, 0) is 105 Å². The smallest absolute Gasteiger partial charge is 0.267 e. The van der Waals surface area contributed by atoms with Gasteiger partial charge in [0.2, 0.25) is 0 Å². The number of anilines is 1. The molecule has 0 bridgehead atoms. The molecule has 194 valence electrons.